The van der Waals surface area contributed by atoms with Crippen LogP contribution in [0.4, 0.5) is 20.6 Å². The monoisotopic (exact) mass is 463 g/mol. The fraction of sp³-hybridized carbons (Fsp3) is 0.160. The molecule has 6 nitrogen and oxygen atoms in total. The van der Waals surface area contributed by atoms with E-state index in [1.165, 1.54) is 6.07 Å². The number of urea groups is 1. The Morgan fingerprint density at radius 1 is 1.03 bits per heavy atom. The number of aromatic nitrogens is 3. The molecule has 33 heavy (non-hydrogen) atoms. The van der Waals surface area contributed by atoms with Crippen LogP contribution in [0.2, 0.25) is 5.02 Å². The van der Waals surface area contributed by atoms with Gasteiger partial charge in [0.05, 0.1) is 17.1 Å². The molecule has 0 atom stereocenters. The minimum atomic E-state index is -0.583. The fourth-order valence-electron chi connectivity index (χ4n) is 3.31. The molecular weight excluding hydrogens is 441 g/mol. The number of nitrogens with one attached hydrogen (secondary N) is 3. The highest BCUT2D eigenvalue weighted by atomic mass is 35.5. The molecule has 2 aromatic heterocycles. The van der Waals surface area contributed by atoms with Crippen LogP contribution in [-0.2, 0) is 5.41 Å². The number of carbonyl (C=O) groups is 1. The van der Waals surface area contributed by atoms with Crippen LogP contribution in [0, 0.1) is 5.82 Å². The van der Waals surface area contributed by atoms with Crippen LogP contribution in [-0.4, -0.2) is 21.0 Å². The number of carbonyl (C=O) groups excluding carboxylic acids is 1. The van der Waals surface area contributed by atoms with E-state index in [0.717, 1.165) is 11.4 Å². The van der Waals surface area contributed by atoms with Gasteiger partial charge in [-0.3, -0.25) is 4.98 Å². The number of nitrogens with zero attached hydrogens (tertiary/aromatic N) is 2. The molecule has 0 radical (unpaired) electrons. The quantitative estimate of drug-likeness (QED) is 0.308. The minimum Gasteiger partial charge on any atom is -0.341 e. The lowest BCUT2D eigenvalue weighted by Crippen LogP contribution is -2.20. The molecule has 0 bridgehead atoms. The number of anilines is 2. The summed E-state index contributed by atoms with van der Waals surface area (Å²) in [5, 5.41) is 5.70. The fourth-order valence-corrected chi connectivity index (χ4v) is 3.50. The Morgan fingerprint density at radius 2 is 1.76 bits per heavy atom. The molecule has 0 spiro atoms. The zero-order chi connectivity index (χ0) is 23.6. The van der Waals surface area contributed by atoms with Gasteiger partial charge in [-0.05, 0) is 42.5 Å². The van der Waals surface area contributed by atoms with Gasteiger partial charge in [0.2, 0.25) is 0 Å². The van der Waals surface area contributed by atoms with E-state index in [4.69, 9.17) is 16.6 Å². The molecule has 2 aromatic carbocycles. The number of aromatic amines is 1. The number of hydrogen-bond donors (Lipinski definition) is 3. The number of rotatable bonds is 4. The van der Waals surface area contributed by atoms with E-state index in [2.05, 4.69) is 20.6 Å². The van der Waals surface area contributed by atoms with Gasteiger partial charge in [0.15, 0.2) is 5.82 Å². The highest BCUT2D eigenvalue weighted by Gasteiger charge is 2.24. The maximum Gasteiger partial charge on any atom is 0.323 e. The van der Waals surface area contributed by atoms with Gasteiger partial charge in [-0.1, -0.05) is 44.5 Å². The number of imidazole rings is 1. The van der Waals surface area contributed by atoms with E-state index in [0.29, 0.717) is 22.1 Å². The first kappa shape index (κ1) is 22.5. The molecule has 0 aliphatic rings. The third kappa shape index (κ3) is 5.04. The van der Waals surface area contributed by atoms with Crippen LogP contribution < -0.4 is 10.6 Å². The summed E-state index contributed by atoms with van der Waals surface area (Å²) >= 11 is 5.96. The van der Waals surface area contributed by atoms with Crippen molar-refractivity contribution in [3.63, 3.8) is 0 Å². The Hall–Kier alpha value is -3.71. The topological polar surface area (TPSA) is 82.7 Å². The molecule has 0 saturated carbocycles. The third-order valence-electron chi connectivity index (χ3n) is 4.97. The molecule has 2 amide bonds. The van der Waals surface area contributed by atoms with E-state index in [1.54, 1.807) is 48.8 Å². The lowest BCUT2D eigenvalue weighted by Gasteiger charge is -2.14. The average molecular weight is 464 g/mol. The van der Waals surface area contributed by atoms with Crippen molar-refractivity contribution in [3.8, 4) is 22.5 Å². The average Bonchev–Trinajstić information content (AvgIpc) is 3.22. The maximum atomic E-state index is 15.6. The second-order valence-electron chi connectivity index (χ2n) is 8.55. The number of H-pyrrole nitrogens is 1. The van der Waals surface area contributed by atoms with E-state index in [9.17, 15) is 4.79 Å². The third-order valence-corrected chi connectivity index (χ3v) is 5.20. The van der Waals surface area contributed by atoms with Gasteiger partial charge in [-0.25, -0.2) is 14.2 Å². The van der Waals surface area contributed by atoms with Crippen molar-refractivity contribution in [1.29, 1.82) is 0 Å². The highest BCUT2D eigenvalue weighted by molar-refractivity contribution is 6.30. The first-order valence-electron chi connectivity index (χ1n) is 10.4. The van der Waals surface area contributed by atoms with Crippen LogP contribution in [0.5, 0.6) is 0 Å². The summed E-state index contributed by atoms with van der Waals surface area (Å²) in [5.74, 6) is 0.141. The van der Waals surface area contributed by atoms with Crippen LogP contribution in [0.15, 0.2) is 67.0 Å². The van der Waals surface area contributed by atoms with Crippen molar-refractivity contribution in [2.75, 3.05) is 10.6 Å². The van der Waals surface area contributed by atoms with Crippen molar-refractivity contribution in [2.24, 2.45) is 0 Å². The van der Waals surface area contributed by atoms with Gasteiger partial charge >= 0.3 is 6.03 Å². The molecule has 0 unspecified atom stereocenters. The molecule has 2 heterocycles. The summed E-state index contributed by atoms with van der Waals surface area (Å²) in [7, 11) is 0. The van der Waals surface area contributed by atoms with Gasteiger partial charge in [-0.2, -0.15) is 0 Å². The zero-order valence-corrected chi connectivity index (χ0v) is 19.2. The normalized spacial score (nSPS) is 11.3. The molecule has 0 aliphatic carbocycles. The first-order chi connectivity index (χ1) is 15.7. The van der Waals surface area contributed by atoms with Crippen molar-refractivity contribution < 1.29 is 9.18 Å². The molecule has 0 fully saturated rings. The second kappa shape index (κ2) is 9.03. The minimum absolute atomic E-state index is 0.0352. The van der Waals surface area contributed by atoms with Crippen LogP contribution in [0.3, 0.4) is 0 Å². The Morgan fingerprint density at radius 3 is 2.45 bits per heavy atom. The van der Waals surface area contributed by atoms with Crippen molar-refractivity contribution in [3.05, 3.63) is 83.7 Å². The van der Waals surface area contributed by atoms with E-state index >= 15 is 4.39 Å². The van der Waals surface area contributed by atoms with E-state index in [1.807, 2.05) is 32.9 Å². The van der Waals surface area contributed by atoms with Crippen molar-refractivity contribution >= 4 is 29.0 Å². The molecule has 8 heteroatoms. The van der Waals surface area contributed by atoms with Gasteiger partial charge in [0.1, 0.15) is 5.82 Å². The molecule has 168 valence electrons. The molecule has 3 N–H and O–H groups in total. The predicted octanol–water partition coefficient (Wildman–Crippen LogP) is 6.87. The summed E-state index contributed by atoms with van der Waals surface area (Å²) < 4.78 is 15.6. The molecular formula is C25H23ClFN5O. The summed E-state index contributed by atoms with van der Waals surface area (Å²) in [6.07, 6.45) is 3.34. The standard InChI is InChI=1S/C25H23ClFN5O/c1-25(2,3)23-31-21(15-10-12-28-13-11-15)22(32-23)18-8-5-9-19(20(18)27)30-24(33)29-17-7-4-6-16(26)14-17/h4-14H,1-3H3,(H,31,32)(H2,29,30,33). The van der Waals surface area contributed by atoms with Crippen LogP contribution in [0.25, 0.3) is 22.5 Å². The smallest absolute Gasteiger partial charge is 0.323 e. The molecule has 0 saturated heterocycles. The summed E-state index contributed by atoms with van der Waals surface area (Å²) in [6.45, 7) is 6.08. The molecule has 4 aromatic rings. The first-order valence-corrected chi connectivity index (χ1v) is 10.7. The van der Waals surface area contributed by atoms with E-state index < -0.39 is 11.8 Å². The summed E-state index contributed by atoms with van der Waals surface area (Å²) in [4.78, 5) is 24.6. The molecule has 4 rings (SSSR count). The van der Waals surface area contributed by atoms with Crippen molar-refractivity contribution in [1.82, 2.24) is 15.0 Å². The van der Waals surface area contributed by atoms with Gasteiger partial charge in [-0.15, -0.1) is 0 Å². The van der Waals surface area contributed by atoms with Crippen molar-refractivity contribution in [2.45, 2.75) is 26.2 Å². The lowest BCUT2D eigenvalue weighted by atomic mass is 9.96. The lowest BCUT2D eigenvalue weighted by molar-refractivity contribution is 0.262. The Labute approximate surface area is 196 Å². The number of benzene rings is 2. The maximum absolute atomic E-state index is 15.6. The van der Waals surface area contributed by atoms with Gasteiger partial charge in [0.25, 0.3) is 0 Å². The summed E-state index contributed by atoms with van der Waals surface area (Å²) in [6, 6.07) is 14.6. The Balaban J connectivity index is 1.70. The Kier molecular flexibility index (Phi) is 6.16. The van der Waals surface area contributed by atoms with Gasteiger partial charge < -0.3 is 15.6 Å². The highest BCUT2D eigenvalue weighted by Crippen LogP contribution is 2.36. The SMILES string of the molecule is CC(C)(C)c1nc(-c2cccc(NC(=O)Nc3cccc(Cl)c3)c2F)c(-c2ccncc2)[nH]1. The predicted molar refractivity (Wildman–Crippen MR) is 130 cm³/mol. The number of halogens is 2. The largest absolute Gasteiger partial charge is 0.341 e. The number of pyridine rings is 1. The summed E-state index contributed by atoms with van der Waals surface area (Å²) in [5.41, 5.74) is 2.51. The Bertz CT molecular complexity index is 1300. The molecule has 0 aliphatic heterocycles. The zero-order valence-electron chi connectivity index (χ0n) is 18.4. The number of amides is 2. The van der Waals surface area contributed by atoms with E-state index in [-0.39, 0.29) is 16.7 Å². The van der Waals surface area contributed by atoms with Crippen LogP contribution >= 0.6 is 11.6 Å². The second-order valence-corrected chi connectivity index (χ2v) is 8.99. The number of hydrogen-bond acceptors (Lipinski definition) is 3. The van der Waals surface area contributed by atoms with Gasteiger partial charge in [0, 0.05) is 39.6 Å². The van der Waals surface area contributed by atoms with Crippen LogP contribution in [0.1, 0.15) is 26.6 Å².